The van der Waals surface area contributed by atoms with Gasteiger partial charge in [0, 0.05) is 26.3 Å². The van der Waals surface area contributed by atoms with Gasteiger partial charge in [-0.15, -0.1) is 24.8 Å². The molecule has 1 amide bonds. The van der Waals surface area contributed by atoms with E-state index in [9.17, 15) is 4.79 Å². The maximum Gasteiger partial charge on any atom is 0.237 e. The molecule has 4 N–H and O–H groups in total. The Bertz CT molecular complexity index is 1140. The highest BCUT2D eigenvalue weighted by atomic mass is 35.5. The highest BCUT2D eigenvalue weighted by Crippen LogP contribution is 2.20. The van der Waals surface area contributed by atoms with Gasteiger partial charge in [0.15, 0.2) is 0 Å². The highest BCUT2D eigenvalue weighted by molar-refractivity contribution is 5.85. The summed E-state index contributed by atoms with van der Waals surface area (Å²) in [5.41, 5.74) is 9.38. The van der Waals surface area contributed by atoms with Gasteiger partial charge in [0.1, 0.15) is 0 Å². The van der Waals surface area contributed by atoms with E-state index in [-0.39, 0.29) is 42.9 Å². The topological polar surface area (TPSA) is 85.6 Å². The van der Waals surface area contributed by atoms with E-state index in [1.54, 1.807) is 0 Å². The number of nitrogens with two attached hydrogens (primary N) is 1. The molecule has 6 nitrogen and oxygen atoms in total. The van der Waals surface area contributed by atoms with E-state index in [0.29, 0.717) is 26.2 Å². The molecular formula is C50H89Cl2N3O3. The Labute approximate surface area is 369 Å². The van der Waals surface area contributed by atoms with Gasteiger partial charge in [-0.1, -0.05) is 216 Å². The van der Waals surface area contributed by atoms with Crippen LogP contribution < -0.4 is 16.4 Å². The molecular weight excluding hydrogens is 761 g/mol. The van der Waals surface area contributed by atoms with E-state index >= 15 is 0 Å². The maximum atomic E-state index is 13.6. The molecule has 2 aromatic rings. The summed E-state index contributed by atoms with van der Waals surface area (Å²) in [4.78, 5) is 13.6. The Kier molecular flexibility index (Phi) is 40.8. The van der Waals surface area contributed by atoms with Crippen molar-refractivity contribution in [2.45, 2.75) is 206 Å². The monoisotopic (exact) mass is 850 g/mol. The Morgan fingerprint density at radius 1 is 0.569 bits per heavy atom. The second-order valence-electron chi connectivity index (χ2n) is 16.4. The number of nitrogens with one attached hydrogen (secondary N) is 2. The van der Waals surface area contributed by atoms with E-state index in [1.807, 2.05) is 6.07 Å². The van der Waals surface area contributed by atoms with Gasteiger partial charge in [0.2, 0.25) is 5.91 Å². The zero-order chi connectivity index (χ0) is 40.0. The van der Waals surface area contributed by atoms with Crippen LogP contribution in [0.25, 0.3) is 11.1 Å². The van der Waals surface area contributed by atoms with Crippen LogP contribution in [0.5, 0.6) is 0 Å². The van der Waals surface area contributed by atoms with Crippen LogP contribution in [0.2, 0.25) is 0 Å². The van der Waals surface area contributed by atoms with Crippen molar-refractivity contribution in [3.05, 3.63) is 60.2 Å². The molecule has 0 heterocycles. The first kappa shape index (κ1) is 56.3. The van der Waals surface area contributed by atoms with Crippen molar-refractivity contribution < 1.29 is 14.3 Å². The normalized spacial score (nSPS) is 12.1. The number of hydrogen-bond acceptors (Lipinski definition) is 5. The van der Waals surface area contributed by atoms with Crippen molar-refractivity contribution in [3.63, 3.8) is 0 Å². The average molecular weight is 851 g/mol. The largest absolute Gasteiger partial charge is 0.379 e. The minimum absolute atomic E-state index is 0. The van der Waals surface area contributed by atoms with Gasteiger partial charge in [-0.3, -0.25) is 4.79 Å². The highest BCUT2D eigenvalue weighted by Gasteiger charge is 2.20. The molecule has 0 aliphatic carbocycles. The van der Waals surface area contributed by atoms with Crippen LogP contribution in [0.1, 0.15) is 193 Å². The first-order chi connectivity index (χ1) is 27.7. The average Bonchev–Trinajstić information content (AvgIpc) is 3.23. The number of ether oxygens (including phenoxy) is 2. The minimum atomic E-state index is -0.283. The van der Waals surface area contributed by atoms with E-state index in [0.717, 1.165) is 50.9 Å². The zero-order valence-electron chi connectivity index (χ0n) is 37.3. The first-order valence-electron chi connectivity index (χ1n) is 23.7. The fourth-order valence-electron chi connectivity index (χ4n) is 7.46. The molecule has 1 unspecified atom stereocenters. The Balaban J connectivity index is 0.0000162. The second-order valence-corrected chi connectivity index (χ2v) is 16.4. The Morgan fingerprint density at radius 2 is 1.03 bits per heavy atom. The van der Waals surface area contributed by atoms with Gasteiger partial charge in [-0.2, -0.15) is 0 Å². The molecule has 0 aliphatic heterocycles. The zero-order valence-corrected chi connectivity index (χ0v) is 38.9. The lowest BCUT2D eigenvalue weighted by atomic mass is 10.0. The lowest BCUT2D eigenvalue weighted by Gasteiger charge is -2.22. The van der Waals surface area contributed by atoms with Crippen molar-refractivity contribution in [2.75, 3.05) is 32.9 Å². The summed E-state index contributed by atoms with van der Waals surface area (Å²) in [7, 11) is 0. The first-order valence-corrected chi connectivity index (χ1v) is 23.7. The number of carbonyl (C=O) groups excluding carboxylic acids is 1. The van der Waals surface area contributed by atoms with E-state index in [1.165, 1.54) is 152 Å². The number of halogens is 2. The van der Waals surface area contributed by atoms with Crippen LogP contribution in [0.4, 0.5) is 0 Å². The van der Waals surface area contributed by atoms with Gasteiger partial charge >= 0.3 is 0 Å². The molecule has 336 valence electrons. The molecule has 8 heteroatoms. The van der Waals surface area contributed by atoms with Crippen LogP contribution in [0, 0.1) is 0 Å². The Hall–Kier alpha value is -1.67. The Morgan fingerprint density at radius 3 is 1.53 bits per heavy atom. The van der Waals surface area contributed by atoms with Crippen molar-refractivity contribution in [3.8, 4) is 11.1 Å². The summed E-state index contributed by atoms with van der Waals surface area (Å²) in [6.07, 6.45) is 34.4. The summed E-state index contributed by atoms with van der Waals surface area (Å²) in [6, 6.07) is 18.8. The van der Waals surface area contributed by atoms with Crippen LogP contribution in [-0.4, -0.2) is 51.0 Å². The van der Waals surface area contributed by atoms with E-state index in [4.69, 9.17) is 15.2 Å². The minimum Gasteiger partial charge on any atom is -0.379 e. The molecule has 0 aromatic heterocycles. The standard InChI is InChI=1S/C50H87N3O3.2ClH/c1-3-5-7-9-11-13-15-17-19-21-23-30-40-55-44-48(56-41-31-24-22-20-18-16-14-12-10-8-6-4-2)43-53-50(54)49(34-28-29-39-51)52-42-45-35-37-47(38-36-45)46-32-26-25-27-33-46;;/h25-27,32-33,35-38,48-49,52H,3-24,28-31,34,39-44,51H2,1-2H3,(H,53,54);2*1H/t48?,49-;;/m0../s1. The predicted octanol–water partition coefficient (Wildman–Crippen LogP) is 13.7. The summed E-state index contributed by atoms with van der Waals surface area (Å²) in [5, 5.41) is 6.78. The molecule has 0 saturated carbocycles. The molecule has 0 spiro atoms. The molecule has 0 bridgehead atoms. The predicted molar refractivity (Wildman–Crippen MR) is 256 cm³/mol. The molecule has 58 heavy (non-hydrogen) atoms. The molecule has 2 aromatic carbocycles. The van der Waals surface area contributed by atoms with Crippen LogP contribution >= 0.6 is 24.8 Å². The van der Waals surface area contributed by atoms with Gasteiger partial charge in [-0.25, -0.2) is 0 Å². The number of rotatable bonds is 40. The van der Waals surface area contributed by atoms with Gasteiger partial charge in [-0.05, 0) is 48.9 Å². The van der Waals surface area contributed by atoms with Crippen LogP contribution in [-0.2, 0) is 20.8 Å². The van der Waals surface area contributed by atoms with Gasteiger partial charge < -0.3 is 25.8 Å². The molecule has 2 rings (SSSR count). The van der Waals surface area contributed by atoms with Crippen molar-refractivity contribution >= 4 is 30.7 Å². The third kappa shape index (κ3) is 31.2. The number of carbonyl (C=O) groups is 1. The lowest BCUT2D eigenvalue weighted by Crippen LogP contribution is -2.47. The molecule has 2 atom stereocenters. The number of benzene rings is 2. The SMILES string of the molecule is CCCCCCCCCCCCCCOCC(CNC(=O)[C@H](CCCCN)NCc1ccc(-c2ccccc2)cc1)OCCCCCCCCCCCCCC.Cl.Cl. The fourth-order valence-corrected chi connectivity index (χ4v) is 7.46. The van der Waals surface area contributed by atoms with Crippen LogP contribution in [0.3, 0.4) is 0 Å². The van der Waals surface area contributed by atoms with E-state index < -0.39 is 0 Å². The lowest BCUT2D eigenvalue weighted by molar-refractivity contribution is -0.124. The van der Waals surface area contributed by atoms with Crippen LogP contribution in [0.15, 0.2) is 54.6 Å². The molecule has 0 saturated heterocycles. The molecule has 0 fully saturated rings. The number of unbranched alkanes of at least 4 members (excludes halogenated alkanes) is 23. The fraction of sp³-hybridized carbons (Fsp3) is 0.740. The smallest absolute Gasteiger partial charge is 0.237 e. The quantitative estimate of drug-likeness (QED) is 0.0582. The summed E-state index contributed by atoms with van der Waals surface area (Å²) < 4.78 is 12.5. The third-order valence-corrected chi connectivity index (χ3v) is 11.2. The number of amides is 1. The van der Waals surface area contributed by atoms with Gasteiger partial charge in [0.25, 0.3) is 0 Å². The molecule has 0 radical (unpaired) electrons. The van der Waals surface area contributed by atoms with Crippen molar-refractivity contribution in [1.29, 1.82) is 0 Å². The number of hydrogen-bond donors (Lipinski definition) is 3. The molecule has 0 aliphatic rings. The summed E-state index contributed by atoms with van der Waals surface area (Å²) in [6.45, 7) is 8.32. The van der Waals surface area contributed by atoms with Crippen molar-refractivity contribution in [2.24, 2.45) is 5.73 Å². The summed E-state index contributed by atoms with van der Waals surface area (Å²) in [5.74, 6) is 0.0304. The van der Waals surface area contributed by atoms with Gasteiger partial charge in [0.05, 0.1) is 18.8 Å². The van der Waals surface area contributed by atoms with E-state index in [2.05, 4.69) is 73.0 Å². The second kappa shape index (κ2) is 42.0. The third-order valence-electron chi connectivity index (χ3n) is 11.2. The van der Waals surface area contributed by atoms with Crippen molar-refractivity contribution in [1.82, 2.24) is 10.6 Å². The summed E-state index contributed by atoms with van der Waals surface area (Å²) >= 11 is 0. The maximum absolute atomic E-state index is 13.6.